The third kappa shape index (κ3) is 2.94. The molecular weight excluding hydrogens is 388 g/mol. The number of carboxylic acids is 1. The number of hydrogen-bond acceptors (Lipinski definition) is 9. The lowest BCUT2D eigenvalue weighted by molar-refractivity contribution is -0.165. The molecule has 11 nitrogen and oxygen atoms in total. The van der Waals surface area contributed by atoms with E-state index in [1.54, 1.807) is 0 Å². The summed E-state index contributed by atoms with van der Waals surface area (Å²) in [4.78, 5) is 74.1. The van der Waals surface area contributed by atoms with Gasteiger partial charge < -0.3 is 20.6 Å². The van der Waals surface area contributed by atoms with Crippen LogP contribution in [0, 0.1) is 0 Å². The van der Waals surface area contributed by atoms with Crippen LogP contribution >= 0.6 is 23.1 Å². The summed E-state index contributed by atoms with van der Waals surface area (Å²) in [5, 5.41) is 14.3. The molecular formula is C13H10N4O7S2. The van der Waals surface area contributed by atoms with E-state index in [2.05, 4.69) is 15.6 Å². The lowest BCUT2D eigenvalue weighted by Gasteiger charge is -2.50. The Morgan fingerprint density at radius 3 is 2.73 bits per heavy atom. The van der Waals surface area contributed by atoms with Gasteiger partial charge in [-0.15, -0.1) is 23.1 Å². The number of hydrogen-bond donors (Lipinski definition) is 3. The number of thioether (sulfide) groups is 1. The van der Waals surface area contributed by atoms with Crippen molar-refractivity contribution in [1.82, 2.24) is 15.2 Å². The van der Waals surface area contributed by atoms with Gasteiger partial charge in [0.15, 0.2) is 17.0 Å². The molecule has 1 aromatic heterocycles. The van der Waals surface area contributed by atoms with Crippen LogP contribution in [0.15, 0.2) is 5.38 Å². The van der Waals surface area contributed by atoms with Gasteiger partial charge in [0.2, 0.25) is 12.3 Å². The molecule has 2 unspecified atom stereocenters. The Hall–Kier alpha value is -2.80. The number of amides is 3. The molecule has 1 aromatic rings. The van der Waals surface area contributed by atoms with Gasteiger partial charge in [-0.05, 0) is 0 Å². The number of anilines is 1. The SMILES string of the molecule is O=CNc1nc(C(=O)C(=O)NC2C(=O)N3C(C(=O)O)C(=O)CS[C@@H]23)cs1. The smallest absolute Gasteiger partial charge is 0.334 e. The van der Waals surface area contributed by atoms with Gasteiger partial charge in [-0.1, -0.05) is 0 Å². The Balaban J connectivity index is 1.67. The molecule has 0 bridgehead atoms. The summed E-state index contributed by atoms with van der Waals surface area (Å²) in [6.45, 7) is 0. The van der Waals surface area contributed by atoms with Crippen LogP contribution in [0.25, 0.3) is 0 Å². The number of carbonyl (C=O) groups is 6. The van der Waals surface area contributed by atoms with E-state index in [-0.39, 0.29) is 16.6 Å². The van der Waals surface area contributed by atoms with E-state index in [1.165, 1.54) is 5.38 Å². The first-order valence-electron chi connectivity index (χ1n) is 7.05. The summed E-state index contributed by atoms with van der Waals surface area (Å²) < 4.78 is 0. The predicted molar refractivity (Wildman–Crippen MR) is 87.6 cm³/mol. The number of aromatic nitrogens is 1. The minimum absolute atomic E-state index is 0.113. The van der Waals surface area contributed by atoms with Crippen LogP contribution < -0.4 is 10.6 Å². The van der Waals surface area contributed by atoms with E-state index in [0.29, 0.717) is 6.41 Å². The van der Waals surface area contributed by atoms with E-state index in [9.17, 15) is 28.8 Å². The van der Waals surface area contributed by atoms with Gasteiger partial charge in [-0.25, -0.2) is 9.78 Å². The zero-order valence-electron chi connectivity index (χ0n) is 12.7. The summed E-state index contributed by atoms with van der Waals surface area (Å²) in [7, 11) is 0. The molecule has 3 heterocycles. The number of nitrogens with zero attached hydrogens (tertiary/aromatic N) is 2. The van der Waals surface area contributed by atoms with E-state index < -0.39 is 46.8 Å². The Morgan fingerprint density at radius 1 is 1.35 bits per heavy atom. The fourth-order valence-electron chi connectivity index (χ4n) is 2.55. The topological polar surface area (TPSA) is 163 Å². The first-order valence-corrected chi connectivity index (χ1v) is 8.98. The van der Waals surface area contributed by atoms with Gasteiger partial charge in [0, 0.05) is 5.38 Å². The molecule has 3 amide bonds. The molecule has 2 aliphatic rings. The monoisotopic (exact) mass is 398 g/mol. The molecule has 26 heavy (non-hydrogen) atoms. The van der Waals surface area contributed by atoms with Crippen LogP contribution in [0.1, 0.15) is 10.5 Å². The molecule has 136 valence electrons. The molecule has 2 aliphatic heterocycles. The second-order valence-corrected chi connectivity index (χ2v) is 7.20. The number of nitrogens with one attached hydrogen (secondary N) is 2. The molecule has 0 radical (unpaired) electrons. The fourth-order valence-corrected chi connectivity index (χ4v) is 4.45. The quantitative estimate of drug-likeness (QED) is 0.167. The Morgan fingerprint density at radius 2 is 2.08 bits per heavy atom. The molecule has 2 fully saturated rings. The summed E-state index contributed by atoms with van der Waals surface area (Å²) in [5.74, 6) is -4.99. The number of thiazole rings is 1. The van der Waals surface area contributed by atoms with Crippen molar-refractivity contribution < 1.29 is 33.9 Å². The summed E-state index contributed by atoms with van der Waals surface area (Å²) >= 11 is 1.96. The van der Waals surface area contributed by atoms with Crippen molar-refractivity contribution >= 4 is 64.0 Å². The van der Waals surface area contributed by atoms with Crippen molar-refractivity contribution in [1.29, 1.82) is 0 Å². The first kappa shape index (κ1) is 18.0. The van der Waals surface area contributed by atoms with Gasteiger partial charge in [0.05, 0.1) is 5.75 Å². The third-order valence-electron chi connectivity index (χ3n) is 3.71. The molecule has 0 spiro atoms. The van der Waals surface area contributed by atoms with Crippen LogP contribution in [0.5, 0.6) is 0 Å². The van der Waals surface area contributed by atoms with Gasteiger partial charge in [0.25, 0.3) is 11.7 Å². The third-order valence-corrected chi connectivity index (χ3v) is 5.77. The lowest BCUT2D eigenvalue weighted by Crippen LogP contribution is -2.76. The van der Waals surface area contributed by atoms with Crippen LogP contribution in [0.4, 0.5) is 5.13 Å². The normalized spacial score (nSPS) is 24.3. The van der Waals surface area contributed by atoms with Crippen molar-refractivity contribution in [2.75, 3.05) is 11.1 Å². The number of carboxylic acid groups (broad SMARTS) is 1. The van der Waals surface area contributed by atoms with Crippen LogP contribution in [0.3, 0.4) is 0 Å². The maximum absolute atomic E-state index is 12.1. The second kappa shape index (κ2) is 6.84. The number of carbonyl (C=O) groups excluding carboxylic acids is 5. The molecule has 3 rings (SSSR count). The highest BCUT2D eigenvalue weighted by Gasteiger charge is 2.58. The van der Waals surface area contributed by atoms with E-state index in [0.717, 1.165) is 28.0 Å². The Labute approximate surface area is 153 Å². The number of aliphatic carboxylic acids is 1. The number of ketones is 2. The summed E-state index contributed by atoms with van der Waals surface area (Å²) in [6, 6.07) is -2.68. The Kier molecular flexibility index (Phi) is 4.73. The number of β-lactam (4-membered cyclic amide) rings is 1. The van der Waals surface area contributed by atoms with Crippen LogP contribution in [-0.4, -0.2) is 74.0 Å². The molecule has 0 aromatic carbocycles. The average Bonchev–Trinajstić information content (AvgIpc) is 3.07. The largest absolute Gasteiger partial charge is 0.479 e. The minimum Gasteiger partial charge on any atom is -0.479 e. The molecule has 0 saturated carbocycles. The highest BCUT2D eigenvalue weighted by Crippen LogP contribution is 2.36. The minimum atomic E-state index is -1.58. The molecule has 3 atom stereocenters. The van der Waals surface area contributed by atoms with Crippen molar-refractivity contribution in [2.45, 2.75) is 17.5 Å². The molecule has 13 heteroatoms. The standard InChI is InChI=1S/C13H10N4O7S2/c18-3-14-13-15-4(1-26-13)8(20)9(21)16-6-10(22)17-7(12(23)24)5(19)2-25-11(6)17/h1,3,6-7,11H,2H2,(H,16,21)(H,23,24)(H,14,15,18)/t6?,7?,11-/m0/s1. The number of fused-ring (bicyclic) bond motifs is 1. The zero-order chi connectivity index (χ0) is 19.0. The van der Waals surface area contributed by atoms with E-state index in [4.69, 9.17) is 5.11 Å². The van der Waals surface area contributed by atoms with Gasteiger partial charge in [-0.2, -0.15) is 0 Å². The van der Waals surface area contributed by atoms with Crippen molar-refractivity contribution in [3.8, 4) is 0 Å². The van der Waals surface area contributed by atoms with Crippen LogP contribution in [-0.2, 0) is 24.0 Å². The fraction of sp³-hybridized carbons (Fsp3) is 0.308. The van der Waals surface area contributed by atoms with Crippen molar-refractivity contribution in [2.24, 2.45) is 0 Å². The van der Waals surface area contributed by atoms with E-state index in [1.807, 2.05) is 0 Å². The maximum Gasteiger partial charge on any atom is 0.334 e. The average molecular weight is 398 g/mol. The molecule has 0 aliphatic carbocycles. The van der Waals surface area contributed by atoms with Gasteiger partial charge in [0.1, 0.15) is 17.1 Å². The maximum atomic E-state index is 12.1. The van der Waals surface area contributed by atoms with Gasteiger partial charge >= 0.3 is 5.97 Å². The number of rotatable bonds is 6. The van der Waals surface area contributed by atoms with E-state index >= 15 is 0 Å². The summed E-state index contributed by atoms with van der Waals surface area (Å²) in [5.41, 5.74) is -0.199. The number of Topliss-reactive ketones (excluding diaryl/α,β-unsaturated/α-hetero) is 2. The first-order chi connectivity index (χ1) is 12.3. The molecule has 3 N–H and O–H groups in total. The zero-order valence-corrected chi connectivity index (χ0v) is 14.3. The lowest BCUT2D eigenvalue weighted by atomic mass is 10.00. The van der Waals surface area contributed by atoms with Crippen LogP contribution in [0.2, 0.25) is 0 Å². The second-order valence-electron chi connectivity index (χ2n) is 5.23. The van der Waals surface area contributed by atoms with Crippen molar-refractivity contribution in [3.05, 3.63) is 11.1 Å². The highest BCUT2D eigenvalue weighted by molar-refractivity contribution is 8.00. The van der Waals surface area contributed by atoms with Crippen molar-refractivity contribution in [3.63, 3.8) is 0 Å². The molecule has 2 saturated heterocycles. The van der Waals surface area contributed by atoms with Gasteiger partial charge in [-0.3, -0.25) is 24.0 Å². The predicted octanol–water partition coefficient (Wildman–Crippen LogP) is -1.68. The Bertz CT molecular complexity index is 838. The summed E-state index contributed by atoms with van der Waals surface area (Å²) in [6.07, 6.45) is 0.370. The highest BCUT2D eigenvalue weighted by atomic mass is 32.2.